The lowest BCUT2D eigenvalue weighted by molar-refractivity contribution is -0.120. The quantitative estimate of drug-likeness (QED) is 0.692. The van der Waals surface area contributed by atoms with Crippen molar-refractivity contribution in [1.29, 1.82) is 0 Å². The van der Waals surface area contributed by atoms with Gasteiger partial charge in [-0.3, -0.25) is 9.69 Å². The Morgan fingerprint density at radius 2 is 2.00 bits per heavy atom. The third-order valence-corrected chi connectivity index (χ3v) is 3.64. The lowest BCUT2D eigenvalue weighted by Crippen LogP contribution is -2.47. The van der Waals surface area contributed by atoms with Crippen LogP contribution in [-0.4, -0.2) is 42.5 Å². The third-order valence-electron chi connectivity index (χ3n) is 3.64. The molecule has 1 aliphatic carbocycles. The molecule has 1 saturated heterocycles. The Hall–Kier alpha value is -0.610. The van der Waals surface area contributed by atoms with Gasteiger partial charge in [-0.2, -0.15) is 0 Å². The van der Waals surface area contributed by atoms with E-state index in [1.165, 1.54) is 25.7 Å². The summed E-state index contributed by atoms with van der Waals surface area (Å²) in [5.74, 6) is -0.186. The Morgan fingerprint density at radius 3 is 2.53 bits per heavy atom. The molecule has 2 rings (SSSR count). The fraction of sp³-hybridized carbons (Fsp3) is 0.909. The van der Waals surface area contributed by atoms with Crippen molar-refractivity contribution in [3.63, 3.8) is 0 Å². The summed E-state index contributed by atoms with van der Waals surface area (Å²) >= 11 is 0. The van der Waals surface area contributed by atoms with E-state index in [9.17, 15) is 4.79 Å². The summed E-state index contributed by atoms with van der Waals surface area (Å²) in [6.45, 7) is 2.54. The number of nitrogens with two attached hydrogens (primary N) is 1. The number of rotatable bonds is 4. The van der Waals surface area contributed by atoms with E-state index in [0.717, 1.165) is 19.5 Å². The molecule has 1 amide bonds. The molecule has 0 bridgehead atoms. The summed E-state index contributed by atoms with van der Waals surface area (Å²) in [7, 11) is 0. The summed E-state index contributed by atoms with van der Waals surface area (Å²) < 4.78 is 0. The minimum absolute atomic E-state index is 0.186. The van der Waals surface area contributed by atoms with E-state index < -0.39 is 0 Å². The maximum absolute atomic E-state index is 11.1. The zero-order valence-electron chi connectivity index (χ0n) is 9.24. The van der Waals surface area contributed by atoms with Crippen LogP contribution in [0.1, 0.15) is 32.1 Å². The first-order valence-electron chi connectivity index (χ1n) is 6.02. The first-order chi connectivity index (χ1) is 7.27. The average Bonchev–Trinajstić information content (AvgIpc) is 2.87. The molecular weight excluding hydrogens is 190 g/mol. The lowest BCUT2D eigenvalue weighted by atomic mass is 10.1. The van der Waals surface area contributed by atoms with Gasteiger partial charge in [0.1, 0.15) is 0 Å². The molecule has 0 radical (unpaired) electrons. The number of nitrogens with zero attached hydrogens (tertiary/aromatic N) is 1. The molecule has 1 aliphatic heterocycles. The Morgan fingerprint density at radius 1 is 1.27 bits per heavy atom. The van der Waals surface area contributed by atoms with Gasteiger partial charge < -0.3 is 11.1 Å². The predicted molar refractivity (Wildman–Crippen MR) is 59.4 cm³/mol. The molecule has 2 fully saturated rings. The topological polar surface area (TPSA) is 58.4 Å². The van der Waals surface area contributed by atoms with Crippen LogP contribution in [0.25, 0.3) is 0 Å². The van der Waals surface area contributed by atoms with E-state index in [2.05, 4.69) is 10.2 Å². The molecule has 2 aliphatic rings. The van der Waals surface area contributed by atoms with Crippen LogP contribution < -0.4 is 11.1 Å². The third kappa shape index (κ3) is 2.69. The van der Waals surface area contributed by atoms with E-state index in [4.69, 9.17) is 5.73 Å². The van der Waals surface area contributed by atoms with Gasteiger partial charge in [0.25, 0.3) is 0 Å². The van der Waals surface area contributed by atoms with E-state index in [-0.39, 0.29) is 5.91 Å². The maximum Gasteiger partial charge on any atom is 0.231 e. The molecule has 15 heavy (non-hydrogen) atoms. The SMILES string of the molecule is NC(=O)CN(C1CCCC1)C1CCNC1. The van der Waals surface area contributed by atoms with Crippen LogP contribution in [0.2, 0.25) is 0 Å². The summed E-state index contributed by atoms with van der Waals surface area (Å²) in [4.78, 5) is 13.4. The first kappa shape index (κ1) is 10.9. The van der Waals surface area contributed by atoms with Crippen molar-refractivity contribution in [2.45, 2.75) is 44.2 Å². The van der Waals surface area contributed by atoms with Gasteiger partial charge in [0, 0.05) is 18.6 Å². The molecule has 1 unspecified atom stereocenters. The molecule has 4 nitrogen and oxygen atoms in total. The number of carbonyl (C=O) groups excluding carboxylic acids is 1. The molecule has 3 N–H and O–H groups in total. The number of carbonyl (C=O) groups is 1. The summed E-state index contributed by atoms with van der Waals surface area (Å²) in [6.07, 6.45) is 6.25. The van der Waals surface area contributed by atoms with Crippen molar-refractivity contribution >= 4 is 5.91 Å². The van der Waals surface area contributed by atoms with E-state index in [0.29, 0.717) is 18.6 Å². The fourth-order valence-electron chi connectivity index (χ4n) is 2.89. The molecule has 0 aromatic heterocycles. The van der Waals surface area contributed by atoms with Crippen LogP contribution in [-0.2, 0) is 4.79 Å². The molecule has 4 heteroatoms. The number of hydrogen-bond donors (Lipinski definition) is 2. The van der Waals surface area contributed by atoms with Crippen molar-refractivity contribution in [2.75, 3.05) is 19.6 Å². The Balaban J connectivity index is 1.97. The normalized spacial score (nSPS) is 27.7. The van der Waals surface area contributed by atoms with Crippen molar-refractivity contribution in [1.82, 2.24) is 10.2 Å². The predicted octanol–water partition coefficient (Wildman–Crippen LogP) is 0.0782. The average molecular weight is 211 g/mol. The largest absolute Gasteiger partial charge is 0.369 e. The minimum atomic E-state index is -0.186. The van der Waals surface area contributed by atoms with Crippen molar-refractivity contribution in [2.24, 2.45) is 5.73 Å². The smallest absolute Gasteiger partial charge is 0.231 e. The van der Waals surface area contributed by atoms with Crippen LogP contribution in [0.4, 0.5) is 0 Å². The van der Waals surface area contributed by atoms with Gasteiger partial charge in [0.15, 0.2) is 0 Å². The number of amides is 1. The van der Waals surface area contributed by atoms with Gasteiger partial charge >= 0.3 is 0 Å². The van der Waals surface area contributed by atoms with Crippen LogP contribution in [0.3, 0.4) is 0 Å². The Bertz CT molecular complexity index is 204. The fourth-order valence-corrected chi connectivity index (χ4v) is 2.89. The molecule has 86 valence electrons. The number of hydrogen-bond acceptors (Lipinski definition) is 3. The lowest BCUT2D eigenvalue weighted by Gasteiger charge is -2.32. The number of primary amides is 1. The molecule has 1 saturated carbocycles. The second kappa shape index (κ2) is 4.94. The second-order valence-electron chi connectivity index (χ2n) is 4.72. The molecule has 0 aromatic rings. The van der Waals surface area contributed by atoms with Crippen molar-refractivity contribution in [3.05, 3.63) is 0 Å². The van der Waals surface area contributed by atoms with Crippen LogP contribution in [0.15, 0.2) is 0 Å². The molecular formula is C11H21N3O. The zero-order chi connectivity index (χ0) is 10.7. The highest BCUT2D eigenvalue weighted by Gasteiger charge is 2.31. The first-order valence-corrected chi connectivity index (χ1v) is 6.02. The zero-order valence-corrected chi connectivity index (χ0v) is 9.24. The van der Waals surface area contributed by atoms with Crippen molar-refractivity contribution in [3.8, 4) is 0 Å². The van der Waals surface area contributed by atoms with Crippen molar-refractivity contribution < 1.29 is 4.79 Å². The van der Waals surface area contributed by atoms with Gasteiger partial charge in [-0.15, -0.1) is 0 Å². The highest BCUT2D eigenvalue weighted by Crippen LogP contribution is 2.26. The van der Waals surface area contributed by atoms with E-state index >= 15 is 0 Å². The Labute approximate surface area is 91.2 Å². The Kier molecular flexibility index (Phi) is 3.59. The van der Waals surface area contributed by atoms with Crippen LogP contribution >= 0.6 is 0 Å². The highest BCUT2D eigenvalue weighted by atomic mass is 16.1. The van der Waals surface area contributed by atoms with Gasteiger partial charge in [-0.05, 0) is 25.8 Å². The van der Waals surface area contributed by atoms with Gasteiger partial charge in [-0.1, -0.05) is 12.8 Å². The molecule has 1 atom stereocenters. The maximum atomic E-state index is 11.1. The monoisotopic (exact) mass is 211 g/mol. The molecule has 1 heterocycles. The van der Waals surface area contributed by atoms with Gasteiger partial charge in [-0.25, -0.2) is 0 Å². The van der Waals surface area contributed by atoms with E-state index in [1.54, 1.807) is 0 Å². The molecule has 0 spiro atoms. The summed E-state index contributed by atoms with van der Waals surface area (Å²) in [5.41, 5.74) is 5.33. The van der Waals surface area contributed by atoms with Gasteiger partial charge in [0.2, 0.25) is 5.91 Å². The molecule has 0 aromatic carbocycles. The summed E-state index contributed by atoms with van der Waals surface area (Å²) in [5, 5.41) is 3.36. The summed E-state index contributed by atoms with van der Waals surface area (Å²) in [6, 6.07) is 1.13. The second-order valence-corrected chi connectivity index (χ2v) is 4.72. The van der Waals surface area contributed by atoms with E-state index in [1.807, 2.05) is 0 Å². The van der Waals surface area contributed by atoms with Crippen LogP contribution in [0.5, 0.6) is 0 Å². The van der Waals surface area contributed by atoms with Gasteiger partial charge in [0.05, 0.1) is 6.54 Å². The number of nitrogens with one attached hydrogen (secondary N) is 1. The van der Waals surface area contributed by atoms with Crippen LogP contribution in [0, 0.1) is 0 Å². The standard InChI is InChI=1S/C11H21N3O/c12-11(15)8-14(9-3-1-2-4-9)10-5-6-13-7-10/h9-10,13H,1-8H2,(H2,12,15). The highest BCUT2D eigenvalue weighted by molar-refractivity contribution is 5.76. The minimum Gasteiger partial charge on any atom is -0.369 e.